The number of nitrogens with one attached hydrogen (secondary N) is 2. The molecule has 1 aliphatic heterocycles. The summed E-state index contributed by atoms with van der Waals surface area (Å²) >= 11 is 0. The van der Waals surface area contributed by atoms with Crippen LogP contribution in [-0.4, -0.2) is 25.0 Å². The zero-order valence-corrected chi connectivity index (χ0v) is 11.3. The second-order valence-corrected chi connectivity index (χ2v) is 5.14. The molecule has 1 unspecified atom stereocenters. The highest BCUT2D eigenvalue weighted by molar-refractivity contribution is 5.94. The average molecular weight is 246 g/mol. The van der Waals surface area contributed by atoms with Crippen molar-refractivity contribution in [1.82, 2.24) is 10.6 Å². The van der Waals surface area contributed by atoms with Gasteiger partial charge in [-0.05, 0) is 62.9 Å². The fraction of sp³-hybridized carbons (Fsp3) is 0.533. The van der Waals surface area contributed by atoms with E-state index in [0.717, 1.165) is 25.1 Å². The first kappa shape index (κ1) is 13.1. The van der Waals surface area contributed by atoms with Crippen molar-refractivity contribution in [2.24, 2.45) is 0 Å². The van der Waals surface area contributed by atoms with Crippen molar-refractivity contribution in [2.45, 2.75) is 39.2 Å². The minimum absolute atomic E-state index is 0.0381. The molecule has 0 radical (unpaired) electrons. The molecule has 0 aromatic heterocycles. The van der Waals surface area contributed by atoms with Gasteiger partial charge in [0, 0.05) is 18.2 Å². The summed E-state index contributed by atoms with van der Waals surface area (Å²) in [5.74, 6) is 0.0381. The van der Waals surface area contributed by atoms with Gasteiger partial charge in [0.05, 0.1) is 0 Å². The summed E-state index contributed by atoms with van der Waals surface area (Å²) in [7, 11) is 0. The molecule has 18 heavy (non-hydrogen) atoms. The predicted molar refractivity (Wildman–Crippen MR) is 73.9 cm³/mol. The van der Waals surface area contributed by atoms with E-state index in [1.807, 2.05) is 25.1 Å². The number of rotatable bonds is 4. The molecule has 98 valence electrons. The summed E-state index contributed by atoms with van der Waals surface area (Å²) in [5.41, 5.74) is 3.15. The van der Waals surface area contributed by atoms with Crippen molar-refractivity contribution in [3.63, 3.8) is 0 Å². The molecule has 1 amide bonds. The normalized spacial score (nSPS) is 18.9. The number of aryl methyl sites for hydroxylation is 2. The van der Waals surface area contributed by atoms with Gasteiger partial charge in [-0.25, -0.2) is 0 Å². The number of hydrogen-bond acceptors (Lipinski definition) is 2. The lowest BCUT2D eigenvalue weighted by molar-refractivity contribution is 0.0952. The van der Waals surface area contributed by atoms with E-state index in [0.29, 0.717) is 6.04 Å². The van der Waals surface area contributed by atoms with Crippen molar-refractivity contribution in [1.29, 1.82) is 0 Å². The molecule has 1 aromatic carbocycles. The van der Waals surface area contributed by atoms with Crippen LogP contribution in [0.5, 0.6) is 0 Å². The van der Waals surface area contributed by atoms with E-state index >= 15 is 0 Å². The van der Waals surface area contributed by atoms with Crippen molar-refractivity contribution in [2.75, 3.05) is 13.1 Å². The fourth-order valence-corrected chi connectivity index (χ4v) is 2.35. The van der Waals surface area contributed by atoms with E-state index in [2.05, 4.69) is 17.6 Å². The van der Waals surface area contributed by atoms with Crippen LogP contribution < -0.4 is 10.6 Å². The van der Waals surface area contributed by atoms with E-state index in [4.69, 9.17) is 0 Å². The van der Waals surface area contributed by atoms with Crippen LogP contribution in [0.3, 0.4) is 0 Å². The molecule has 3 nitrogen and oxygen atoms in total. The topological polar surface area (TPSA) is 41.1 Å². The van der Waals surface area contributed by atoms with E-state index in [9.17, 15) is 4.79 Å². The maximum Gasteiger partial charge on any atom is 0.251 e. The van der Waals surface area contributed by atoms with Crippen LogP contribution in [0.4, 0.5) is 0 Å². The van der Waals surface area contributed by atoms with Gasteiger partial charge in [-0.15, -0.1) is 0 Å². The molecule has 1 aromatic rings. The van der Waals surface area contributed by atoms with Crippen LogP contribution in [0.15, 0.2) is 18.2 Å². The van der Waals surface area contributed by atoms with E-state index < -0.39 is 0 Å². The molecule has 3 heteroatoms. The summed E-state index contributed by atoms with van der Waals surface area (Å²) < 4.78 is 0. The third-order valence-corrected chi connectivity index (χ3v) is 3.71. The van der Waals surface area contributed by atoms with Crippen LogP contribution >= 0.6 is 0 Å². The summed E-state index contributed by atoms with van der Waals surface area (Å²) in [6, 6.07) is 6.44. The third kappa shape index (κ3) is 3.33. The maximum absolute atomic E-state index is 12.0. The largest absolute Gasteiger partial charge is 0.352 e. The summed E-state index contributed by atoms with van der Waals surface area (Å²) in [6.45, 7) is 5.97. The molecule has 1 aliphatic rings. The highest BCUT2D eigenvalue weighted by Crippen LogP contribution is 2.10. The molecule has 1 saturated heterocycles. The van der Waals surface area contributed by atoms with Crippen LogP contribution in [0.25, 0.3) is 0 Å². The zero-order valence-electron chi connectivity index (χ0n) is 11.3. The van der Waals surface area contributed by atoms with E-state index in [1.54, 1.807) is 0 Å². The minimum atomic E-state index is 0.0381. The Balaban J connectivity index is 1.81. The number of amides is 1. The van der Waals surface area contributed by atoms with Gasteiger partial charge in [-0.2, -0.15) is 0 Å². The van der Waals surface area contributed by atoms with Crippen molar-refractivity contribution in [3.05, 3.63) is 34.9 Å². The van der Waals surface area contributed by atoms with Gasteiger partial charge < -0.3 is 10.6 Å². The lowest BCUT2D eigenvalue weighted by Crippen LogP contribution is -2.30. The highest BCUT2D eigenvalue weighted by Gasteiger charge is 2.14. The number of benzene rings is 1. The first-order valence-electron chi connectivity index (χ1n) is 6.75. The van der Waals surface area contributed by atoms with Crippen molar-refractivity contribution in [3.8, 4) is 0 Å². The standard InChI is InChI=1S/C15H22N2O/c1-11-5-6-13(10-12(11)2)15(18)17-9-7-14-4-3-8-16-14/h5-6,10,14,16H,3-4,7-9H2,1-2H3,(H,17,18). The highest BCUT2D eigenvalue weighted by atomic mass is 16.1. The summed E-state index contributed by atoms with van der Waals surface area (Å²) in [6.07, 6.45) is 3.52. The number of hydrogen-bond donors (Lipinski definition) is 2. The second-order valence-electron chi connectivity index (χ2n) is 5.14. The lowest BCUT2D eigenvalue weighted by atomic mass is 10.1. The molecule has 1 fully saturated rings. The van der Waals surface area contributed by atoms with Gasteiger partial charge in [0.2, 0.25) is 0 Å². The molecule has 1 heterocycles. The zero-order chi connectivity index (χ0) is 13.0. The molecular weight excluding hydrogens is 224 g/mol. The molecule has 2 rings (SSSR count). The van der Waals surface area contributed by atoms with Crippen molar-refractivity contribution < 1.29 is 4.79 Å². The molecule has 1 atom stereocenters. The average Bonchev–Trinajstić information content (AvgIpc) is 2.85. The Morgan fingerprint density at radius 2 is 2.22 bits per heavy atom. The SMILES string of the molecule is Cc1ccc(C(=O)NCCC2CCCN2)cc1C. The van der Waals surface area contributed by atoms with Gasteiger partial charge >= 0.3 is 0 Å². The fourth-order valence-electron chi connectivity index (χ4n) is 2.35. The number of carbonyl (C=O) groups excluding carboxylic acids is 1. The van der Waals surface area contributed by atoms with Crippen LogP contribution in [-0.2, 0) is 0 Å². The van der Waals surface area contributed by atoms with Gasteiger partial charge in [-0.3, -0.25) is 4.79 Å². The molecule has 0 aliphatic carbocycles. The predicted octanol–water partition coefficient (Wildman–Crippen LogP) is 2.18. The first-order chi connectivity index (χ1) is 8.66. The van der Waals surface area contributed by atoms with Gasteiger partial charge in [0.25, 0.3) is 5.91 Å². The Morgan fingerprint density at radius 3 is 2.89 bits per heavy atom. The Morgan fingerprint density at radius 1 is 1.39 bits per heavy atom. The number of carbonyl (C=O) groups is 1. The summed E-state index contributed by atoms with van der Waals surface area (Å²) in [5, 5.41) is 6.43. The van der Waals surface area contributed by atoms with Crippen molar-refractivity contribution >= 4 is 5.91 Å². The maximum atomic E-state index is 12.0. The van der Waals surface area contributed by atoms with Gasteiger partial charge in [-0.1, -0.05) is 6.07 Å². The molecular formula is C15H22N2O. The van der Waals surface area contributed by atoms with E-state index in [1.165, 1.54) is 24.0 Å². The van der Waals surface area contributed by atoms with Crippen LogP contribution in [0.2, 0.25) is 0 Å². The molecule has 0 bridgehead atoms. The first-order valence-corrected chi connectivity index (χ1v) is 6.75. The van der Waals surface area contributed by atoms with Crippen LogP contribution in [0, 0.1) is 13.8 Å². The Bertz CT molecular complexity index is 423. The Kier molecular flexibility index (Phi) is 4.37. The monoisotopic (exact) mass is 246 g/mol. The quantitative estimate of drug-likeness (QED) is 0.855. The second kappa shape index (κ2) is 6.01. The minimum Gasteiger partial charge on any atom is -0.352 e. The third-order valence-electron chi connectivity index (χ3n) is 3.71. The Hall–Kier alpha value is -1.35. The Labute approximate surface area is 109 Å². The molecule has 2 N–H and O–H groups in total. The molecule has 0 saturated carbocycles. The molecule has 0 spiro atoms. The van der Waals surface area contributed by atoms with E-state index in [-0.39, 0.29) is 5.91 Å². The smallest absolute Gasteiger partial charge is 0.251 e. The van der Waals surface area contributed by atoms with Gasteiger partial charge in [0.1, 0.15) is 0 Å². The summed E-state index contributed by atoms with van der Waals surface area (Å²) in [4.78, 5) is 12.0. The van der Waals surface area contributed by atoms with Crippen LogP contribution in [0.1, 0.15) is 40.7 Å². The lowest BCUT2D eigenvalue weighted by Gasteiger charge is -2.11. The van der Waals surface area contributed by atoms with Gasteiger partial charge in [0.15, 0.2) is 0 Å².